The first-order valence-electron chi connectivity index (χ1n) is 5.04. The lowest BCUT2D eigenvalue weighted by molar-refractivity contribution is 0.648. The second kappa shape index (κ2) is 4.21. The molecule has 78 valence electrons. The Kier molecular flexibility index (Phi) is 2.76. The predicted octanol–water partition coefficient (Wildman–Crippen LogP) is 1.84. The maximum absolute atomic E-state index is 4.11. The molecule has 2 aromatic rings. The molecule has 0 spiro atoms. The van der Waals surface area contributed by atoms with Gasteiger partial charge in [-0.3, -0.25) is 4.98 Å². The van der Waals surface area contributed by atoms with E-state index < -0.39 is 0 Å². The largest absolute Gasteiger partial charge is 0.265 e. The van der Waals surface area contributed by atoms with Gasteiger partial charge < -0.3 is 0 Å². The summed E-state index contributed by atoms with van der Waals surface area (Å²) in [5.41, 5.74) is 2.22. The van der Waals surface area contributed by atoms with Gasteiger partial charge in [0, 0.05) is 18.6 Å². The van der Waals surface area contributed by atoms with Crippen molar-refractivity contribution in [3.05, 3.63) is 42.0 Å². The fourth-order valence-electron chi connectivity index (χ4n) is 1.33. The van der Waals surface area contributed by atoms with E-state index in [-0.39, 0.29) is 0 Å². The van der Waals surface area contributed by atoms with Gasteiger partial charge in [-0.15, -0.1) is 5.10 Å². The van der Waals surface area contributed by atoms with E-state index in [1.807, 2.05) is 23.0 Å². The van der Waals surface area contributed by atoms with Gasteiger partial charge in [-0.25, -0.2) is 4.68 Å². The Morgan fingerprint density at radius 3 is 2.60 bits per heavy atom. The minimum absolute atomic E-state index is 0.427. The van der Waals surface area contributed by atoms with E-state index in [0.29, 0.717) is 5.92 Å². The summed E-state index contributed by atoms with van der Waals surface area (Å²) in [5.74, 6) is 0.427. The second-order valence-electron chi connectivity index (χ2n) is 3.85. The summed E-state index contributed by atoms with van der Waals surface area (Å²) < 4.78 is 1.85. The third-order valence-corrected chi connectivity index (χ3v) is 2.24. The van der Waals surface area contributed by atoms with E-state index in [2.05, 4.69) is 29.1 Å². The molecule has 0 aliphatic carbocycles. The predicted molar refractivity (Wildman–Crippen MR) is 57.5 cm³/mol. The molecule has 2 rings (SSSR count). The summed E-state index contributed by atoms with van der Waals surface area (Å²) in [5, 5.41) is 8.19. The van der Waals surface area contributed by atoms with E-state index in [1.165, 1.54) is 5.56 Å². The first-order valence-corrected chi connectivity index (χ1v) is 5.04. The van der Waals surface area contributed by atoms with E-state index in [0.717, 1.165) is 12.2 Å². The highest BCUT2D eigenvalue weighted by Crippen LogP contribution is 2.09. The summed E-state index contributed by atoms with van der Waals surface area (Å²) in [6, 6.07) is 3.97. The van der Waals surface area contributed by atoms with Crippen LogP contribution in [0.15, 0.2) is 30.7 Å². The Labute approximate surface area is 89.0 Å². The molecule has 4 nitrogen and oxygen atoms in total. The van der Waals surface area contributed by atoms with Gasteiger partial charge in [-0.2, -0.15) is 0 Å². The van der Waals surface area contributed by atoms with Crippen LogP contribution < -0.4 is 0 Å². The molecule has 0 bridgehead atoms. The zero-order valence-electron chi connectivity index (χ0n) is 8.96. The molecule has 0 aliphatic rings. The van der Waals surface area contributed by atoms with E-state index in [9.17, 15) is 0 Å². The molecule has 0 radical (unpaired) electrons. The average Bonchev–Trinajstić information content (AvgIpc) is 2.68. The molecule has 0 aromatic carbocycles. The topological polar surface area (TPSA) is 43.6 Å². The zero-order valence-corrected chi connectivity index (χ0v) is 8.96. The van der Waals surface area contributed by atoms with Crippen molar-refractivity contribution in [2.45, 2.75) is 26.3 Å². The smallest absolute Gasteiger partial charge is 0.0852 e. The Bertz CT molecular complexity index is 419. The molecule has 0 unspecified atom stereocenters. The fourth-order valence-corrected chi connectivity index (χ4v) is 1.33. The number of nitrogens with zero attached hydrogens (tertiary/aromatic N) is 4. The third-order valence-electron chi connectivity index (χ3n) is 2.24. The highest BCUT2D eigenvalue weighted by molar-refractivity contribution is 5.10. The van der Waals surface area contributed by atoms with E-state index >= 15 is 0 Å². The minimum atomic E-state index is 0.427. The van der Waals surface area contributed by atoms with Crippen molar-refractivity contribution >= 4 is 0 Å². The highest BCUT2D eigenvalue weighted by atomic mass is 15.4. The molecule has 0 saturated carbocycles. The monoisotopic (exact) mass is 202 g/mol. The number of hydrogen-bond donors (Lipinski definition) is 0. The molecule has 0 amide bonds. The maximum atomic E-state index is 4.11. The molecular weight excluding hydrogens is 188 g/mol. The zero-order chi connectivity index (χ0) is 10.7. The van der Waals surface area contributed by atoms with Crippen LogP contribution in [-0.2, 0) is 6.54 Å². The van der Waals surface area contributed by atoms with Crippen molar-refractivity contribution in [3.8, 4) is 0 Å². The second-order valence-corrected chi connectivity index (χ2v) is 3.85. The van der Waals surface area contributed by atoms with Gasteiger partial charge in [-0.1, -0.05) is 19.1 Å². The van der Waals surface area contributed by atoms with Gasteiger partial charge in [0.15, 0.2) is 0 Å². The lowest BCUT2D eigenvalue weighted by Gasteiger charge is -1.99. The fraction of sp³-hybridized carbons (Fsp3) is 0.364. The molecule has 2 heterocycles. The summed E-state index contributed by atoms with van der Waals surface area (Å²) in [4.78, 5) is 3.98. The van der Waals surface area contributed by atoms with Crippen LogP contribution in [0.3, 0.4) is 0 Å². The molecule has 0 N–H and O–H groups in total. The van der Waals surface area contributed by atoms with Crippen molar-refractivity contribution in [2.24, 2.45) is 0 Å². The standard InChI is InChI=1S/C11H14N4/c1-9(2)11-8-15(14-13-11)7-10-3-5-12-6-4-10/h3-6,8-9H,7H2,1-2H3. The molecule has 0 saturated heterocycles. The Balaban J connectivity index is 2.12. The molecule has 0 fully saturated rings. The van der Waals surface area contributed by atoms with Gasteiger partial charge in [-0.05, 0) is 23.6 Å². The van der Waals surface area contributed by atoms with Crippen LogP contribution in [0.4, 0.5) is 0 Å². The van der Waals surface area contributed by atoms with Crippen LogP contribution in [0.5, 0.6) is 0 Å². The quantitative estimate of drug-likeness (QED) is 0.762. The van der Waals surface area contributed by atoms with Crippen LogP contribution in [0.2, 0.25) is 0 Å². The van der Waals surface area contributed by atoms with Crippen molar-refractivity contribution in [1.29, 1.82) is 0 Å². The van der Waals surface area contributed by atoms with Crippen LogP contribution in [0.1, 0.15) is 31.0 Å². The Hall–Kier alpha value is -1.71. The number of rotatable bonds is 3. The highest BCUT2D eigenvalue weighted by Gasteiger charge is 2.04. The average molecular weight is 202 g/mol. The lowest BCUT2D eigenvalue weighted by atomic mass is 10.2. The Morgan fingerprint density at radius 1 is 1.27 bits per heavy atom. The lowest BCUT2D eigenvalue weighted by Crippen LogP contribution is -2.00. The van der Waals surface area contributed by atoms with E-state index in [1.54, 1.807) is 12.4 Å². The van der Waals surface area contributed by atoms with Gasteiger partial charge >= 0.3 is 0 Å². The molecule has 15 heavy (non-hydrogen) atoms. The molecule has 4 heteroatoms. The van der Waals surface area contributed by atoms with Gasteiger partial charge in [0.1, 0.15) is 0 Å². The van der Waals surface area contributed by atoms with Crippen molar-refractivity contribution in [3.63, 3.8) is 0 Å². The van der Waals surface area contributed by atoms with Crippen LogP contribution >= 0.6 is 0 Å². The maximum Gasteiger partial charge on any atom is 0.0852 e. The van der Waals surface area contributed by atoms with Crippen LogP contribution in [0.25, 0.3) is 0 Å². The van der Waals surface area contributed by atoms with Crippen LogP contribution in [0, 0.1) is 0 Å². The number of aromatic nitrogens is 4. The number of pyridine rings is 1. The van der Waals surface area contributed by atoms with Gasteiger partial charge in [0.25, 0.3) is 0 Å². The summed E-state index contributed by atoms with van der Waals surface area (Å²) >= 11 is 0. The van der Waals surface area contributed by atoms with Crippen LogP contribution in [-0.4, -0.2) is 20.0 Å². The SMILES string of the molecule is CC(C)c1cn(Cc2ccncc2)nn1. The number of hydrogen-bond acceptors (Lipinski definition) is 3. The first kappa shape index (κ1) is 9.83. The van der Waals surface area contributed by atoms with Crippen molar-refractivity contribution in [2.75, 3.05) is 0 Å². The normalized spacial score (nSPS) is 10.9. The summed E-state index contributed by atoms with van der Waals surface area (Å²) in [6.45, 7) is 4.98. The first-order chi connectivity index (χ1) is 7.25. The van der Waals surface area contributed by atoms with Crippen molar-refractivity contribution < 1.29 is 0 Å². The van der Waals surface area contributed by atoms with E-state index in [4.69, 9.17) is 0 Å². The Morgan fingerprint density at radius 2 is 2.00 bits per heavy atom. The molecule has 0 atom stereocenters. The molecular formula is C11H14N4. The third kappa shape index (κ3) is 2.40. The summed E-state index contributed by atoms with van der Waals surface area (Å²) in [6.07, 6.45) is 5.57. The minimum Gasteiger partial charge on any atom is -0.265 e. The van der Waals surface area contributed by atoms with Gasteiger partial charge in [0.2, 0.25) is 0 Å². The molecule has 0 aliphatic heterocycles. The molecule has 2 aromatic heterocycles. The van der Waals surface area contributed by atoms with Crippen molar-refractivity contribution in [1.82, 2.24) is 20.0 Å². The van der Waals surface area contributed by atoms with Gasteiger partial charge in [0.05, 0.1) is 12.2 Å². The summed E-state index contributed by atoms with van der Waals surface area (Å²) in [7, 11) is 0.